The molecule has 3 N–H and O–H groups in total. The number of benzene rings is 1. The topological polar surface area (TPSA) is 55.1 Å². The lowest BCUT2D eigenvalue weighted by molar-refractivity contribution is -0.116. The molecule has 0 heterocycles. The Morgan fingerprint density at radius 2 is 2.11 bits per heavy atom. The summed E-state index contributed by atoms with van der Waals surface area (Å²) in [6.45, 7) is 4.94. The van der Waals surface area contributed by atoms with E-state index in [4.69, 9.17) is 5.73 Å². The average molecular weight is 280 g/mol. The highest BCUT2D eigenvalue weighted by molar-refractivity contribution is 7.99. The van der Waals surface area contributed by atoms with Crippen molar-refractivity contribution in [3.63, 3.8) is 0 Å². The number of nitrogens with one attached hydrogen (secondary N) is 1. The van der Waals surface area contributed by atoms with Crippen LogP contribution in [0.15, 0.2) is 29.2 Å². The van der Waals surface area contributed by atoms with E-state index in [0.717, 1.165) is 29.2 Å². The van der Waals surface area contributed by atoms with Crippen molar-refractivity contribution in [3.05, 3.63) is 24.3 Å². The molecule has 1 unspecified atom stereocenters. The number of anilines is 1. The number of hydrogen-bond acceptors (Lipinski definition) is 3. The average Bonchev–Trinajstić information content (AvgIpc) is 2.39. The fourth-order valence-electron chi connectivity index (χ4n) is 1.87. The fraction of sp³-hybridized carbons (Fsp3) is 0.533. The van der Waals surface area contributed by atoms with Gasteiger partial charge < -0.3 is 11.1 Å². The SMILES string of the molecule is CCSc1ccccc1NC(=O)CCC(C)CCN. The maximum Gasteiger partial charge on any atom is 0.224 e. The van der Waals surface area contributed by atoms with Crippen LogP contribution in [0.3, 0.4) is 0 Å². The van der Waals surface area contributed by atoms with Crippen molar-refractivity contribution >= 4 is 23.4 Å². The van der Waals surface area contributed by atoms with Gasteiger partial charge in [0.15, 0.2) is 0 Å². The molecule has 0 radical (unpaired) electrons. The first kappa shape index (κ1) is 16.1. The van der Waals surface area contributed by atoms with Gasteiger partial charge in [0, 0.05) is 11.3 Å². The van der Waals surface area contributed by atoms with Gasteiger partial charge in [-0.15, -0.1) is 11.8 Å². The van der Waals surface area contributed by atoms with Crippen LogP contribution >= 0.6 is 11.8 Å². The first-order chi connectivity index (χ1) is 9.17. The zero-order valence-corrected chi connectivity index (χ0v) is 12.6. The number of nitrogens with two attached hydrogens (primary N) is 1. The number of carbonyl (C=O) groups excluding carboxylic acids is 1. The Bertz CT molecular complexity index is 395. The minimum atomic E-state index is 0.0908. The molecule has 0 saturated heterocycles. The first-order valence-corrected chi connectivity index (χ1v) is 7.87. The normalized spacial score (nSPS) is 12.2. The lowest BCUT2D eigenvalue weighted by Crippen LogP contribution is -2.14. The molecule has 0 aliphatic rings. The van der Waals surface area contributed by atoms with Gasteiger partial charge in [0.2, 0.25) is 5.91 Å². The molecule has 0 bridgehead atoms. The first-order valence-electron chi connectivity index (χ1n) is 6.89. The maximum atomic E-state index is 11.9. The predicted molar refractivity (Wildman–Crippen MR) is 83.5 cm³/mol. The molecule has 0 aliphatic carbocycles. The Kier molecular flexibility index (Phi) is 7.60. The number of para-hydroxylation sites is 1. The van der Waals surface area contributed by atoms with Crippen LogP contribution in [0.25, 0.3) is 0 Å². The highest BCUT2D eigenvalue weighted by atomic mass is 32.2. The van der Waals surface area contributed by atoms with Crippen LogP contribution in [0.1, 0.15) is 33.1 Å². The summed E-state index contributed by atoms with van der Waals surface area (Å²) in [5.74, 6) is 1.60. The van der Waals surface area contributed by atoms with Crippen LogP contribution in [0.4, 0.5) is 5.69 Å². The molecule has 1 rings (SSSR count). The third kappa shape index (κ3) is 6.12. The van der Waals surface area contributed by atoms with E-state index < -0.39 is 0 Å². The summed E-state index contributed by atoms with van der Waals surface area (Å²) < 4.78 is 0. The zero-order valence-electron chi connectivity index (χ0n) is 11.8. The minimum Gasteiger partial charge on any atom is -0.330 e. The van der Waals surface area contributed by atoms with E-state index in [0.29, 0.717) is 18.9 Å². The minimum absolute atomic E-state index is 0.0908. The standard InChI is InChI=1S/C15H24N2OS/c1-3-19-14-7-5-4-6-13(14)17-15(18)9-8-12(2)10-11-16/h4-7,12H,3,8-11,16H2,1-2H3,(H,17,18). The molecule has 0 fully saturated rings. The van der Waals surface area contributed by atoms with Crippen LogP contribution in [-0.2, 0) is 4.79 Å². The zero-order chi connectivity index (χ0) is 14.1. The predicted octanol–water partition coefficient (Wildman–Crippen LogP) is 3.50. The van der Waals surface area contributed by atoms with E-state index in [-0.39, 0.29) is 5.91 Å². The molecule has 0 spiro atoms. The highest BCUT2D eigenvalue weighted by Gasteiger charge is 2.08. The van der Waals surface area contributed by atoms with Crippen LogP contribution in [-0.4, -0.2) is 18.2 Å². The Balaban J connectivity index is 2.48. The Morgan fingerprint density at radius 1 is 1.37 bits per heavy atom. The Labute approximate surface area is 120 Å². The van der Waals surface area contributed by atoms with Crippen molar-refractivity contribution in [2.45, 2.75) is 38.0 Å². The van der Waals surface area contributed by atoms with Gasteiger partial charge in [0.25, 0.3) is 0 Å². The van der Waals surface area contributed by atoms with Gasteiger partial charge in [-0.1, -0.05) is 26.0 Å². The molecule has 0 saturated carbocycles. The number of amides is 1. The molecule has 106 valence electrons. The summed E-state index contributed by atoms with van der Waals surface area (Å²) in [5.41, 5.74) is 6.43. The van der Waals surface area contributed by atoms with Crippen molar-refractivity contribution in [3.8, 4) is 0 Å². The van der Waals surface area contributed by atoms with E-state index in [9.17, 15) is 4.79 Å². The lowest BCUT2D eigenvalue weighted by atomic mass is 10.0. The smallest absolute Gasteiger partial charge is 0.224 e. The molecular weight excluding hydrogens is 256 g/mol. The van der Waals surface area contributed by atoms with Crippen LogP contribution in [0, 0.1) is 5.92 Å². The largest absolute Gasteiger partial charge is 0.330 e. The molecule has 1 aromatic carbocycles. The third-order valence-electron chi connectivity index (χ3n) is 2.98. The quantitative estimate of drug-likeness (QED) is 0.717. The summed E-state index contributed by atoms with van der Waals surface area (Å²) in [4.78, 5) is 13.1. The maximum absolute atomic E-state index is 11.9. The molecule has 19 heavy (non-hydrogen) atoms. The molecule has 4 heteroatoms. The van der Waals surface area contributed by atoms with Gasteiger partial charge in [0.05, 0.1) is 5.69 Å². The van der Waals surface area contributed by atoms with Gasteiger partial charge in [-0.3, -0.25) is 4.79 Å². The van der Waals surface area contributed by atoms with Crippen molar-refractivity contribution < 1.29 is 4.79 Å². The van der Waals surface area contributed by atoms with E-state index in [1.807, 2.05) is 24.3 Å². The van der Waals surface area contributed by atoms with Crippen molar-refractivity contribution in [1.29, 1.82) is 0 Å². The second-order valence-corrected chi connectivity index (χ2v) is 6.00. The molecule has 0 aliphatic heterocycles. The lowest BCUT2D eigenvalue weighted by Gasteiger charge is -2.12. The number of carbonyl (C=O) groups is 1. The van der Waals surface area contributed by atoms with E-state index in [2.05, 4.69) is 19.2 Å². The molecule has 0 aromatic heterocycles. The second-order valence-electron chi connectivity index (χ2n) is 4.70. The second kappa shape index (κ2) is 8.99. The summed E-state index contributed by atoms with van der Waals surface area (Å²) in [5, 5.41) is 3.00. The number of hydrogen-bond donors (Lipinski definition) is 2. The highest BCUT2D eigenvalue weighted by Crippen LogP contribution is 2.26. The van der Waals surface area contributed by atoms with Crippen molar-refractivity contribution in [1.82, 2.24) is 0 Å². The molecule has 1 atom stereocenters. The molecule has 1 aromatic rings. The third-order valence-corrected chi connectivity index (χ3v) is 3.94. The van der Waals surface area contributed by atoms with Crippen LogP contribution in [0.5, 0.6) is 0 Å². The summed E-state index contributed by atoms with van der Waals surface area (Å²) in [6, 6.07) is 7.95. The summed E-state index contributed by atoms with van der Waals surface area (Å²) in [6.07, 6.45) is 2.44. The van der Waals surface area contributed by atoms with E-state index in [1.54, 1.807) is 11.8 Å². The monoisotopic (exact) mass is 280 g/mol. The summed E-state index contributed by atoms with van der Waals surface area (Å²) >= 11 is 1.75. The van der Waals surface area contributed by atoms with Gasteiger partial charge in [0.1, 0.15) is 0 Å². The van der Waals surface area contributed by atoms with Crippen LogP contribution in [0.2, 0.25) is 0 Å². The Morgan fingerprint density at radius 3 is 2.79 bits per heavy atom. The summed E-state index contributed by atoms with van der Waals surface area (Å²) in [7, 11) is 0. The number of rotatable bonds is 8. The molecule has 3 nitrogen and oxygen atoms in total. The van der Waals surface area contributed by atoms with E-state index >= 15 is 0 Å². The van der Waals surface area contributed by atoms with Gasteiger partial charge >= 0.3 is 0 Å². The molecular formula is C15H24N2OS. The van der Waals surface area contributed by atoms with Gasteiger partial charge in [-0.05, 0) is 43.2 Å². The van der Waals surface area contributed by atoms with E-state index in [1.165, 1.54) is 0 Å². The van der Waals surface area contributed by atoms with Crippen LogP contribution < -0.4 is 11.1 Å². The fourth-order valence-corrected chi connectivity index (χ4v) is 2.63. The Hall–Kier alpha value is -1.00. The number of thioether (sulfide) groups is 1. The van der Waals surface area contributed by atoms with Crippen molar-refractivity contribution in [2.75, 3.05) is 17.6 Å². The van der Waals surface area contributed by atoms with Gasteiger partial charge in [-0.2, -0.15) is 0 Å². The van der Waals surface area contributed by atoms with Gasteiger partial charge in [-0.25, -0.2) is 0 Å². The molecule has 1 amide bonds. The van der Waals surface area contributed by atoms with Crippen molar-refractivity contribution in [2.24, 2.45) is 11.7 Å².